The molecular formula is C94H56N4O2. The largest absolute Gasteiger partial charge is 0.455 e. The number of benzene rings is 16. The van der Waals surface area contributed by atoms with Crippen LogP contribution in [0.25, 0.3) is 209 Å². The molecule has 22 aromatic rings. The molecule has 0 aliphatic rings. The Hall–Kier alpha value is -13.4. The van der Waals surface area contributed by atoms with Crippen molar-refractivity contribution in [2.45, 2.75) is 0 Å². The maximum absolute atomic E-state index is 7.66. The van der Waals surface area contributed by atoms with Gasteiger partial charge < -0.3 is 27.1 Å². The second-order valence-corrected chi connectivity index (χ2v) is 26.6. The highest BCUT2D eigenvalue weighted by molar-refractivity contribution is 6.38. The van der Waals surface area contributed by atoms with Crippen molar-refractivity contribution < 1.29 is 8.83 Å². The molecule has 16 aromatic carbocycles. The Balaban J connectivity index is 0.762. The third-order valence-corrected chi connectivity index (χ3v) is 21.3. The summed E-state index contributed by atoms with van der Waals surface area (Å²) in [5.74, 6) is 0. The minimum atomic E-state index is 0.866. The maximum Gasteiger partial charge on any atom is 0.146 e. The van der Waals surface area contributed by atoms with Gasteiger partial charge in [-0.2, -0.15) is 0 Å². The average molecular weight is 1270 g/mol. The molecule has 0 saturated carbocycles. The monoisotopic (exact) mass is 1270 g/mol. The highest BCUT2D eigenvalue weighted by atomic mass is 16.3. The summed E-state index contributed by atoms with van der Waals surface area (Å²) >= 11 is 0. The highest BCUT2D eigenvalue weighted by Crippen LogP contribution is 2.51. The number of para-hydroxylation sites is 3. The third-order valence-electron chi connectivity index (χ3n) is 21.3. The highest BCUT2D eigenvalue weighted by Gasteiger charge is 2.28. The number of furan rings is 2. The van der Waals surface area contributed by atoms with E-state index in [0.717, 1.165) is 187 Å². The van der Waals surface area contributed by atoms with Crippen LogP contribution < -0.4 is 0 Å². The van der Waals surface area contributed by atoms with Gasteiger partial charge in [-0.3, -0.25) is 0 Å². The van der Waals surface area contributed by atoms with Gasteiger partial charge in [0.15, 0.2) is 0 Å². The van der Waals surface area contributed by atoms with E-state index in [2.05, 4.69) is 358 Å². The van der Waals surface area contributed by atoms with Crippen molar-refractivity contribution in [3.8, 4) is 67.3 Å². The first-order chi connectivity index (χ1) is 49.6. The first-order valence-electron chi connectivity index (χ1n) is 34.3. The van der Waals surface area contributed by atoms with Crippen LogP contribution in [0.1, 0.15) is 0 Å². The van der Waals surface area contributed by atoms with E-state index in [4.69, 9.17) is 8.83 Å². The normalized spacial score (nSPS) is 12.2. The molecule has 0 atom stereocenters. The molecule has 6 heteroatoms. The van der Waals surface area contributed by atoms with E-state index in [9.17, 15) is 0 Å². The van der Waals surface area contributed by atoms with E-state index < -0.39 is 0 Å². The number of hydrogen-bond donors (Lipinski definition) is 0. The van der Waals surface area contributed by atoms with Gasteiger partial charge in [0.1, 0.15) is 22.3 Å². The summed E-state index contributed by atoms with van der Waals surface area (Å²) in [5.41, 5.74) is 25.9. The molecule has 0 fully saturated rings. The zero-order valence-electron chi connectivity index (χ0n) is 53.9. The lowest BCUT2D eigenvalue weighted by Crippen LogP contribution is -1.94. The lowest BCUT2D eigenvalue weighted by atomic mass is 9.98. The third kappa shape index (κ3) is 7.84. The molecule has 0 saturated heterocycles. The van der Waals surface area contributed by atoms with Crippen molar-refractivity contribution >= 4 is 142 Å². The van der Waals surface area contributed by atoms with Gasteiger partial charge in [-0.05, 0) is 177 Å². The predicted molar refractivity (Wildman–Crippen MR) is 418 cm³/mol. The van der Waals surface area contributed by atoms with Crippen LogP contribution in [0.5, 0.6) is 0 Å². The molecule has 0 unspecified atom stereocenters. The molecule has 0 bridgehead atoms. The first-order valence-corrected chi connectivity index (χ1v) is 34.3. The smallest absolute Gasteiger partial charge is 0.146 e. The van der Waals surface area contributed by atoms with Crippen molar-refractivity contribution in [2.75, 3.05) is 0 Å². The van der Waals surface area contributed by atoms with Gasteiger partial charge in [-0.1, -0.05) is 212 Å². The molecule has 464 valence electrons. The minimum Gasteiger partial charge on any atom is -0.455 e. The summed E-state index contributed by atoms with van der Waals surface area (Å²) in [6.45, 7) is 0. The van der Waals surface area contributed by atoms with E-state index in [1.54, 1.807) is 0 Å². The lowest BCUT2D eigenvalue weighted by Gasteiger charge is -2.11. The van der Waals surface area contributed by atoms with Gasteiger partial charge >= 0.3 is 0 Å². The average Bonchev–Trinajstić information content (AvgIpc) is 1.53. The molecule has 6 heterocycles. The predicted octanol–water partition coefficient (Wildman–Crippen LogP) is 25.7. The van der Waals surface area contributed by atoms with E-state index in [1.165, 1.54) is 22.1 Å². The molecule has 6 nitrogen and oxygen atoms in total. The van der Waals surface area contributed by atoms with Crippen molar-refractivity contribution in [2.24, 2.45) is 0 Å². The Kier molecular flexibility index (Phi) is 11.5. The molecule has 22 rings (SSSR count). The van der Waals surface area contributed by atoms with Crippen molar-refractivity contribution in [1.82, 2.24) is 18.3 Å². The van der Waals surface area contributed by atoms with Crippen molar-refractivity contribution in [3.63, 3.8) is 0 Å². The maximum atomic E-state index is 7.66. The van der Waals surface area contributed by atoms with Crippen molar-refractivity contribution in [3.05, 3.63) is 340 Å². The molecule has 0 amide bonds. The molecule has 0 N–H and O–H groups in total. The fourth-order valence-corrected chi connectivity index (χ4v) is 16.9. The molecular weight excluding hydrogens is 1220 g/mol. The Labute approximate surface area is 572 Å². The quantitative estimate of drug-likeness (QED) is 0.152. The second-order valence-electron chi connectivity index (χ2n) is 26.6. The van der Waals surface area contributed by atoms with Gasteiger partial charge in [0.25, 0.3) is 0 Å². The molecule has 0 aliphatic carbocycles. The summed E-state index contributed by atoms with van der Waals surface area (Å²) in [5, 5.41) is 15.6. The van der Waals surface area contributed by atoms with Crippen LogP contribution in [0.3, 0.4) is 0 Å². The number of fused-ring (bicyclic) bond motifs is 25. The minimum absolute atomic E-state index is 0.866. The molecule has 0 aliphatic heterocycles. The Bertz CT molecular complexity index is 7150. The van der Waals surface area contributed by atoms with Gasteiger partial charge in [0, 0.05) is 71.2 Å². The molecule has 0 spiro atoms. The first kappa shape index (κ1) is 54.8. The molecule has 0 radical (unpaired) electrons. The number of aromatic nitrogens is 4. The summed E-state index contributed by atoms with van der Waals surface area (Å²) in [7, 11) is 0. The number of nitrogens with zero attached hydrogens (tertiary/aromatic N) is 4. The van der Waals surface area contributed by atoms with Crippen molar-refractivity contribution in [1.29, 1.82) is 0 Å². The fourth-order valence-electron chi connectivity index (χ4n) is 16.9. The zero-order chi connectivity index (χ0) is 65.3. The summed E-state index contributed by atoms with van der Waals surface area (Å²) < 4.78 is 25.0. The van der Waals surface area contributed by atoms with Crippen LogP contribution in [0.15, 0.2) is 349 Å². The van der Waals surface area contributed by atoms with Crippen LogP contribution in [0.2, 0.25) is 0 Å². The topological polar surface area (TPSA) is 46.0 Å². The van der Waals surface area contributed by atoms with E-state index >= 15 is 0 Å². The van der Waals surface area contributed by atoms with Crippen LogP contribution in [-0.4, -0.2) is 18.3 Å². The Morgan fingerprint density at radius 2 is 0.500 bits per heavy atom. The zero-order valence-corrected chi connectivity index (χ0v) is 53.9. The van der Waals surface area contributed by atoms with E-state index in [0.29, 0.717) is 0 Å². The Morgan fingerprint density at radius 3 is 1.04 bits per heavy atom. The molecule has 6 aromatic heterocycles. The lowest BCUT2D eigenvalue weighted by molar-refractivity contribution is 0.676. The fraction of sp³-hybridized carbons (Fsp3) is 0. The summed E-state index contributed by atoms with van der Waals surface area (Å²) in [6, 6.07) is 124. The molecule has 100 heavy (non-hydrogen) atoms. The summed E-state index contributed by atoms with van der Waals surface area (Å²) in [6.07, 6.45) is 0. The van der Waals surface area contributed by atoms with E-state index in [1.807, 2.05) is 0 Å². The SMILES string of the molecule is c1ccc(-c2ccc(-n3c4ccc(-c5ccccc5)cc4c4c5oc6c(ccc7c6c6cc(-c8ccccc8)ccc6n7-c6cccc(-c7ccc8c(c7)c7c9oc%10c(c%11ccccc%11c%11c%10c%10ccccc%10n%11-c%10ccccc%10)c9ccc7n8-c7ccccc7)c6)c5ccc43)cc2)cc1. The van der Waals surface area contributed by atoms with Crippen LogP contribution in [0.4, 0.5) is 0 Å². The second kappa shape index (κ2) is 21.0. The van der Waals surface area contributed by atoms with Gasteiger partial charge in [0.05, 0.1) is 65.7 Å². The standard InChI is InChI=1S/C94H56N4O2/c1-6-21-57(22-7-1)60-37-42-67(43-38-60)96-80-47-39-62(58-23-8-2-9-24-58)54-75(80)86-82(96)50-44-71-72-45-51-84-87(92(72)99-91(71)86)76-55-63(59-25-10-3-11-26-59)40-48-81(76)97(84)68-32-20-27-61(53-68)64-41-49-79-77(56-64)88-83(95(79)65-28-12-4-13-29-65)52-46-74-85-69-33-16-17-34-70(69)90-89(94(85)100-93(74)88)73-35-18-19-36-78(73)98(90)66-30-14-5-15-31-66/h1-56H. The number of hydrogen-bond acceptors (Lipinski definition) is 2. The van der Waals surface area contributed by atoms with Gasteiger partial charge in [0.2, 0.25) is 0 Å². The Morgan fingerprint density at radius 1 is 0.160 bits per heavy atom. The summed E-state index contributed by atoms with van der Waals surface area (Å²) in [4.78, 5) is 0. The number of rotatable bonds is 8. The van der Waals surface area contributed by atoms with Crippen LogP contribution >= 0.6 is 0 Å². The van der Waals surface area contributed by atoms with Crippen LogP contribution in [-0.2, 0) is 0 Å². The van der Waals surface area contributed by atoms with Gasteiger partial charge in [-0.25, -0.2) is 0 Å². The van der Waals surface area contributed by atoms with E-state index in [-0.39, 0.29) is 0 Å². The van der Waals surface area contributed by atoms with Crippen LogP contribution in [0, 0.1) is 0 Å². The van der Waals surface area contributed by atoms with Gasteiger partial charge in [-0.15, -0.1) is 0 Å².